The molecule has 0 radical (unpaired) electrons. The van der Waals surface area contributed by atoms with Gasteiger partial charge in [0.05, 0.1) is 13.2 Å². The zero-order valence-corrected chi connectivity index (χ0v) is 17.4. The number of urea groups is 1. The molecule has 7 nitrogen and oxygen atoms in total. The van der Waals surface area contributed by atoms with E-state index in [1.54, 1.807) is 19.4 Å². The van der Waals surface area contributed by atoms with E-state index in [0.717, 1.165) is 38.3 Å². The summed E-state index contributed by atoms with van der Waals surface area (Å²) in [5, 5.41) is 2.96. The summed E-state index contributed by atoms with van der Waals surface area (Å²) in [6, 6.07) is 11.6. The van der Waals surface area contributed by atoms with Crippen molar-refractivity contribution in [3.05, 3.63) is 48.2 Å². The second-order valence-corrected chi connectivity index (χ2v) is 7.42. The zero-order valence-electron chi connectivity index (χ0n) is 17.4. The van der Waals surface area contributed by atoms with Crippen LogP contribution < -0.4 is 14.8 Å². The Labute approximate surface area is 172 Å². The van der Waals surface area contributed by atoms with E-state index in [9.17, 15) is 4.79 Å². The van der Waals surface area contributed by atoms with Crippen molar-refractivity contribution in [2.24, 2.45) is 0 Å². The highest BCUT2D eigenvalue weighted by molar-refractivity contribution is 5.90. The summed E-state index contributed by atoms with van der Waals surface area (Å²) >= 11 is 0. The average Bonchev–Trinajstić information content (AvgIpc) is 2.95. The maximum absolute atomic E-state index is 12.8. The number of ether oxygens (including phenoxy) is 2. The Balaban J connectivity index is 1.55. The van der Waals surface area contributed by atoms with Gasteiger partial charge in [-0.05, 0) is 50.1 Å². The first kappa shape index (κ1) is 20.9. The number of hydrogen-bond acceptors (Lipinski definition) is 5. The number of benzene rings is 1. The van der Waals surface area contributed by atoms with Crippen LogP contribution in [0, 0.1) is 0 Å². The molecule has 3 rings (SSSR count). The van der Waals surface area contributed by atoms with Crippen LogP contribution in [0.15, 0.2) is 42.6 Å². The number of methoxy groups -OCH3 is 1. The third-order valence-electron chi connectivity index (χ3n) is 4.80. The fourth-order valence-electron chi connectivity index (χ4n) is 3.32. The fourth-order valence-corrected chi connectivity index (χ4v) is 3.32. The second-order valence-electron chi connectivity index (χ2n) is 7.42. The molecule has 2 aromatic rings. The molecule has 7 heteroatoms. The number of aromatic nitrogens is 1. The van der Waals surface area contributed by atoms with Gasteiger partial charge in [-0.15, -0.1) is 0 Å². The molecule has 0 unspecified atom stereocenters. The van der Waals surface area contributed by atoms with Gasteiger partial charge in [0.15, 0.2) is 0 Å². The third kappa shape index (κ3) is 6.09. The quantitative estimate of drug-likeness (QED) is 0.805. The standard InChI is InChI=1S/C22H30N4O3/c1-17(2)29-21-20(6-4-11-23-21)24-22(27)26-13-5-12-25(14-15-26)16-18-7-9-19(28-3)10-8-18/h4,6-11,17H,5,12-16H2,1-3H3,(H,24,27). The second kappa shape index (κ2) is 10.1. The van der Waals surface area contributed by atoms with Gasteiger partial charge in [-0.3, -0.25) is 4.90 Å². The Morgan fingerprint density at radius 2 is 1.93 bits per heavy atom. The lowest BCUT2D eigenvalue weighted by Gasteiger charge is -2.23. The first-order valence-electron chi connectivity index (χ1n) is 10.1. The lowest BCUT2D eigenvalue weighted by atomic mass is 10.2. The zero-order chi connectivity index (χ0) is 20.6. The van der Waals surface area contributed by atoms with E-state index in [4.69, 9.17) is 9.47 Å². The Bertz CT molecular complexity index is 795. The van der Waals surface area contributed by atoms with Crippen molar-refractivity contribution >= 4 is 11.7 Å². The normalized spacial score (nSPS) is 15.1. The maximum Gasteiger partial charge on any atom is 0.322 e. The van der Waals surface area contributed by atoms with Crippen LogP contribution in [0.2, 0.25) is 0 Å². The Hall–Kier alpha value is -2.80. The van der Waals surface area contributed by atoms with Gasteiger partial charge >= 0.3 is 6.03 Å². The van der Waals surface area contributed by atoms with Gasteiger partial charge in [0.25, 0.3) is 0 Å². The number of carbonyl (C=O) groups is 1. The monoisotopic (exact) mass is 398 g/mol. The Morgan fingerprint density at radius 1 is 1.14 bits per heavy atom. The van der Waals surface area contributed by atoms with E-state index in [1.807, 2.05) is 36.9 Å². The van der Waals surface area contributed by atoms with Crippen LogP contribution in [0.3, 0.4) is 0 Å². The molecular weight excluding hydrogens is 368 g/mol. The van der Waals surface area contributed by atoms with E-state index in [-0.39, 0.29) is 12.1 Å². The molecule has 2 amide bonds. The van der Waals surface area contributed by atoms with Crippen LogP contribution in [0.25, 0.3) is 0 Å². The molecule has 2 heterocycles. The molecule has 0 atom stereocenters. The number of carbonyl (C=O) groups excluding carboxylic acids is 1. The first-order chi connectivity index (χ1) is 14.0. The van der Waals surface area contributed by atoms with E-state index < -0.39 is 0 Å². The third-order valence-corrected chi connectivity index (χ3v) is 4.80. The van der Waals surface area contributed by atoms with Gasteiger partial charge in [-0.25, -0.2) is 9.78 Å². The predicted octanol–water partition coefficient (Wildman–Crippen LogP) is 3.62. The van der Waals surface area contributed by atoms with Crippen LogP contribution in [0.5, 0.6) is 11.6 Å². The molecule has 1 aliphatic heterocycles. The molecule has 0 saturated carbocycles. The summed E-state index contributed by atoms with van der Waals surface area (Å²) < 4.78 is 10.9. The van der Waals surface area contributed by atoms with Gasteiger partial charge in [-0.1, -0.05) is 12.1 Å². The van der Waals surface area contributed by atoms with Gasteiger partial charge < -0.3 is 19.7 Å². The smallest absolute Gasteiger partial charge is 0.322 e. The van der Waals surface area contributed by atoms with Crippen LogP contribution in [-0.4, -0.2) is 60.2 Å². The number of nitrogens with zero attached hydrogens (tertiary/aromatic N) is 3. The van der Waals surface area contributed by atoms with Crippen LogP contribution in [-0.2, 0) is 6.54 Å². The Kier molecular flexibility index (Phi) is 7.30. The summed E-state index contributed by atoms with van der Waals surface area (Å²) in [7, 11) is 1.67. The topological polar surface area (TPSA) is 66.9 Å². The predicted molar refractivity (Wildman–Crippen MR) is 113 cm³/mol. The van der Waals surface area contributed by atoms with E-state index >= 15 is 0 Å². The fraction of sp³-hybridized carbons (Fsp3) is 0.455. The summed E-state index contributed by atoms with van der Waals surface area (Å²) in [6.45, 7) is 7.95. The molecule has 1 aliphatic rings. The first-order valence-corrected chi connectivity index (χ1v) is 10.1. The minimum absolute atomic E-state index is 0.00903. The number of hydrogen-bond donors (Lipinski definition) is 1. The van der Waals surface area contributed by atoms with Crippen molar-refractivity contribution in [2.75, 3.05) is 38.6 Å². The van der Waals surface area contributed by atoms with E-state index in [1.165, 1.54) is 5.56 Å². The largest absolute Gasteiger partial charge is 0.497 e. The van der Waals surface area contributed by atoms with E-state index in [2.05, 4.69) is 27.3 Å². The Morgan fingerprint density at radius 3 is 2.66 bits per heavy atom. The minimum atomic E-state index is -0.113. The highest BCUT2D eigenvalue weighted by Crippen LogP contribution is 2.22. The van der Waals surface area contributed by atoms with Gasteiger partial charge in [0.2, 0.25) is 5.88 Å². The summed E-state index contributed by atoms with van der Waals surface area (Å²) in [4.78, 5) is 21.3. The molecule has 0 bridgehead atoms. The molecule has 156 valence electrons. The molecule has 1 N–H and O–H groups in total. The molecule has 1 saturated heterocycles. The molecule has 1 fully saturated rings. The van der Waals surface area contributed by atoms with Crippen molar-refractivity contribution in [3.63, 3.8) is 0 Å². The molecule has 1 aromatic carbocycles. The van der Waals surface area contributed by atoms with Crippen molar-refractivity contribution < 1.29 is 14.3 Å². The lowest BCUT2D eigenvalue weighted by Crippen LogP contribution is -2.38. The SMILES string of the molecule is COc1ccc(CN2CCCN(C(=O)Nc3cccnc3OC(C)C)CC2)cc1. The highest BCUT2D eigenvalue weighted by Gasteiger charge is 2.20. The van der Waals surface area contributed by atoms with Crippen molar-refractivity contribution in [1.82, 2.24) is 14.8 Å². The molecule has 0 spiro atoms. The average molecular weight is 399 g/mol. The number of nitrogens with one attached hydrogen (secondary N) is 1. The van der Waals surface area contributed by atoms with Crippen LogP contribution >= 0.6 is 0 Å². The number of pyridine rings is 1. The van der Waals surface area contributed by atoms with Gasteiger partial charge in [0, 0.05) is 38.9 Å². The van der Waals surface area contributed by atoms with Crippen molar-refractivity contribution in [3.8, 4) is 11.6 Å². The lowest BCUT2D eigenvalue weighted by molar-refractivity contribution is 0.210. The van der Waals surface area contributed by atoms with Gasteiger partial charge in [-0.2, -0.15) is 0 Å². The highest BCUT2D eigenvalue weighted by atomic mass is 16.5. The maximum atomic E-state index is 12.8. The molecule has 29 heavy (non-hydrogen) atoms. The van der Waals surface area contributed by atoms with Crippen LogP contribution in [0.4, 0.5) is 10.5 Å². The number of anilines is 1. The minimum Gasteiger partial charge on any atom is -0.497 e. The summed E-state index contributed by atoms with van der Waals surface area (Å²) in [5.41, 5.74) is 1.85. The number of rotatable bonds is 6. The molecule has 0 aliphatic carbocycles. The van der Waals surface area contributed by atoms with Crippen molar-refractivity contribution in [2.45, 2.75) is 32.9 Å². The molecule has 1 aromatic heterocycles. The number of amides is 2. The summed E-state index contributed by atoms with van der Waals surface area (Å²) in [5.74, 6) is 1.32. The molecular formula is C22H30N4O3. The van der Waals surface area contributed by atoms with E-state index in [0.29, 0.717) is 18.1 Å². The van der Waals surface area contributed by atoms with Gasteiger partial charge in [0.1, 0.15) is 11.4 Å². The summed E-state index contributed by atoms with van der Waals surface area (Å²) in [6.07, 6.45) is 2.59. The van der Waals surface area contributed by atoms with Crippen molar-refractivity contribution in [1.29, 1.82) is 0 Å². The van der Waals surface area contributed by atoms with Crippen LogP contribution in [0.1, 0.15) is 25.8 Å².